The number of nitrogens with one attached hydrogen (secondary N) is 2. The van der Waals surface area contributed by atoms with Crippen LogP contribution in [-0.4, -0.2) is 67.7 Å². The van der Waals surface area contributed by atoms with E-state index in [-0.39, 0.29) is 50.6 Å². The Bertz CT molecular complexity index is 790. The van der Waals surface area contributed by atoms with Crippen LogP contribution in [0.4, 0.5) is 0 Å². The van der Waals surface area contributed by atoms with Gasteiger partial charge in [0, 0.05) is 30.9 Å². The maximum atomic E-state index is 13.0. The molecule has 9 heteroatoms. The topological polar surface area (TPSA) is 114 Å². The van der Waals surface area contributed by atoms with Crippen molar-refractivity contribution in [3.05, 3.63) is 61.2 Å². The molecule has 0 fully saturated rings. The minimum Gasteiger partial charge on any atom is -0.463 e. The first-order chi connectivity index (χ1) is 17.5. The van der Waals surface area contributed by atoms with E-state index < -0.39 is 12.0 Å². The summed E-state index contributed by atoms with van der Waals surface area (Å²) in [5.41, 5.74) is 1.16. The molecule has 0 aromatic heterocycles. The van der Waals surface area contributed by atoms with Gasteiger partial charge >= 0.3 is 5.97 Å². The van der Waals surface area contributed by atoms with E-state index in [1.807, 2.05) is 30.3 Å². The molecule has 8 nitrogen and oxygen atoms in total. The number of thioether (sulfide) groups is 1. The van der Waals surface area contributed by atoms with Crippen molar-refractivity contribution in [1.82, 2.24) is 10.6 Å². The molecule has 200 valence electrons. The van der Waals surface area contributed by atoms with Gasteiger partial charge in [-0.25, -0.2) is 0 Å². The SMILES string of the molecule is C=CCCCC(=O)OC[C@H](CSCc1ccccc1)NC(=O)[C@H](CC=C)CC(=O)NCCOCCO. The lowest BCUT2D eigenvalue weighted by Gasteiger charge is -2.22. The van der Waals surface area contributed by atoms with Crippen LogP contribution in [0.2, 0.25) is 0 Å². The summed E-state index contributed by atoms with van der Waals surface area (Å²) in [6.07, 6.45) is 5.42. The predicted molar refractivity (Wildman–Crippen MR) is 143 cm³/mol. The zero-order valence-electron chi connectivity index (χ0n) is 21.0. The van der Waals surface area contributed by atoms with Crippen molar-refractivity contribution >= 4 is 29.5 Å². The molecule has 2 amide bonds. The average Bonchev–Trinajstić information content (AvgIpc) is 2.87. The lowest BCUT2D eigenvalue weighted by atomic mass is 9.99. The number of carbonyl (C=O) groups excluding carboxylic acids is 3. The Labute approximate surface area is 218 Å². The molecular formula is C27H40N2O6S. The molecule has 3 N–H and O–H groups in total. The lowest BCUT2D eigenvalue weighted by Crippen LogP contribution is -2.44. The highest BCUT2D eigenvalue weighted by Crippen LogP contribution is 2.15. The summed E-state index contributed by atoms with van der Waals surface area (Å²) in [5, 5.41) is 14.4. The third kappa shape index (κ3) is 15.4. The Kier molecular flexibility index (Phi) is 17.9. The molecule has 0 saturated carbocycles. The number of carbonyl (C=O) groups is 3. The molecule has 0 aliphatic rings. The zero-order chi connectivity index (χ0) is 26.4. The van der Waals surface area contributed by atoms with Crippen molar-refractivity contribution in [2.75, 3.05) is 38.7 Å². The summed E-state index contributed by atoms with van der Waals surface area (Å²) >= 11 is 1.64. The van der Waals surface area contributed by atoms with Crippen molar-refractivity contribution in [2.24, 2.45) is 5.92 Å². The zero-order valence-corrected chi connectivity index (χ0v) is 21.8. The monoisotopic (exact) mass is 520 g/mol. The molecule has 0 aliphatic carbocycles. The smallest absolute Gasteiger partial charge is 0.305 e. The standard InChI is InChI=1S/C27H40N2O6S/c1-3-5-7-13-26(32)35-19-24(21-36-20-22-11-8-6-9-12-22)29-27(33)23(10-4-2)18-25(31)28-14-16-34-17-15-30/h3-4,6,8-9,11-12,23-24,30H,1-2,5,7,10,13-21H2,(H,28,31)(H,29,33)/t23-,24-/m1/s1. The summed E-state index contributed by atoms with van der Waals surface area (Å²) < 4.78 is 10.6. The van der Waals surface area contributed by atoms with Gasteiger partial charge < -0.3 is 25.2 Å². The molecule has 0 bridgehead atoms. The second kappa shape index (κ2) is 20.6. The quantitative estimate of drug-likeness (QED) is 0.130. The van der Waals surface area contributed by atoms with Crippen LogP contribution in [0, 0.1) is 5.92 Å². The van der Waals surface area contributed by atoms with Crippen LogP contribution in [0.25, 0.3) is 0 Å². The third-order valence-corrected chi connectivity index (χ3v) is 6.25. The molecular weight excluding hydrogens is 480 g/mol. The molecule has 1 aromatic rings. The Morgan fingerprint density at radius 2 is 1.89 bits per heavy atom. The normalized spacial score (nSPS) is 12.2. The van der Waals surface area contributed by atoms with Gasteiger partial charge in [-0.15, -0.1) is 13.2 Å². The highest BCUT2D eigenvalue weighted by atomic mass is 32.2. The van der Waals surface area contributed by atoms with Crippen LogP contribution in [-0.2, 0) is 29.6 Å². The van der Waals surface area contributed by atoms with E-state index >= 15 is 0 Å². The lowest BCUT2D eigenvalue weighted by molar-refractivity contribution is -0.145. The molecule has 0 aliphatic heterocycles. The Morgan fingerprint density at radius 3 is 2.58 bits per heavy atom. The van der Waals surface area contributed by atoms with E-state index in [1.54, 1.807) is 23.9 Å². The van der Waals surface area contributed by atoms with Crippen LogP contribution in [0.1, 0.15) is 37.7 Å². The van der Waals surface area contributed by atoms with Crippen molar-refractivity contribution in [3.8, 4) is 0 Å². The number of aliphatic hydroxyl groups excluding tert-OH is 1. The van der Waals surface area contributed by atoms with Gasteiger partial charge in [-0.3, -0.25) is 14.4 Å². The van der Waals surface area contributed by atoms with E-state index in [0.29, 0.717) is 31.6 Å². The van der Waals surface area contributed by atoms with Crippen molar-refractivity contribution in [3.63, 3.8) is 0 Å². The van der Waals surface area contributed by atoms with E-state index in [0.717, 1.165) is 17.7 Å². The molecule has 0 unspecified atom stereocenters. The number of unbranched alkanes of at least 4 members (excludes halogenated alkanes) is 1. The number of amides is 2. The van der Waals surface area contributed by atoms with Gasteiger partial charge in [0.15, 0.2) is 0 Å². The number of benzene rings is 1. The van der Waals surface area contributed by atoms with Gasteiger partial charge in [-0.1, -0.05) is 42.5 Å². The van der Waals surface area contributed by atoms with Gasteiger partial charge in [0.25, 0.3) is 0 Å². The first-order valence-electron chi connectivity index (χ1n) is 12.2. The van der Waals surface area contributed by atoms with Crippen molar-refractivity contribution in [1.29, 1.82) is 0 Å². The largest absolute Gasteiger partial charge is 0.463 e. The van der Waals surface area contributed by atoms with E-state index in [4.69, 9.17) is 14.6 Å². The first kappa shape index (κ1) is 31.4. The minimum absolute atomic E-state index is 0.00305. The molecule has 0 heterocycles. The highest BCUT2D eigenvalue weighted by molar-refractivity contribution is 7.98. The fraction of sp³-hybridized carbons (Fsp3) is 0.519. The fourth-order valence-electron chi connectivity index (χ4n) is 3.21. The van der Waals surface area contributed by atoms with Gasteiger partial charge in [0.1, 0.15) is 6.61 Å². The number of allylic oxidation sites excluding steroid dienone is 2. The molecule has 36 heavy (non-hydrogen) atoms. The van der Waals surface area contributed by atoms with Crippen LogP contribution in [0.15, 0.2) is 55.6 Å². The summed E-state index contributed by atoms with van der Waals surface area (Å²) in [4.78, 5) is 37.4. The van der Waals surface area contributed by atoms with E-state index in [9.17, 15) is 14.4 Å². The first-order valence-corrected chi connectivity index (χ1v) is 13.4. The van der Waals surface area contributed by atoms with Gasteiger partial charge in [-0.2, -0.15) is 11.8 Å². The Balaban J connectivity index is 2.65. The van der Waals surface area contributed by atoms with Crippen molar-refractivity contribution < 1.29 is 29.0 Å². The Hall–Kier alpha value is -2.62. The summed E-state index contributed by atoms with van der Waals surface area (Å²) in [6, 6.07) is 9.59. The third-order valence-electron chi connectivity index (χ3n) is 5.07. The van der Waals surface area contributed by atoms with Crippen LogP contribution in [0.5, 0.6) is 0 Å². The highest BCUT2D eigenvalue weighted by Gasteiger charge is 2.24. The molecule has 0 saturated heterocycles. The van der Waals surface area contributed by atoms with Crippen LogP contribution in [0.3, 0.4) is 0 Å². The van der Waals surface area contributed by atoms with Gasteiger partial charge in [0.05, 0.1) is 31.8 Å². The van der Waals surface area contributed by atoms with Crippen LogP contribution >= 0.6 is 11.8 Å². The second-order valence-corrected chi connectivity index (χ2v) is 9.21. The van der Waals surface area contributed by atoms with E-state index in [1.165, 1.54) is 0 Å². The maximum Gasteiger partial charge on any atom is 0.305 e. The summed E-state index contributed by atoms with van der Waals surface area (Å²) in [6.45, 7) is 8.13. The predicted octanol–water partition coefficient (Wildman–Crippen LogP) is 3.01. The van der Waals surface area contributed by atoms with Gasteiger partial charge in [-0.05, 0) is 24.8 Å². The van der Waals surface area contributed by atoms with Gasteiger partial charge in [0.2, 0.25) is 11.8 Å². The fourth-order valence-corrected chi connectivity index (χ4v) is 4.22. The van der Waals surface area contributed by atoms with Crippen molar-refractivity contribution in [2.45, 2.75) is 43.9 Å². The number of hydrogen-bond acceptors (Lipinski definition) is 7. The number of hydrogen-bond donors (Lipinski definition) is 3. The second-order valence-electron chi connectivity index (χ2n) is 8.18. The minimum atomic E-state index is -0.592. The maximum absolute atomic E-state index is 13.0. The molecule has 1 rings (SSSR count). The molecule has 0 spiro atoms. The number of rotatable bonds is 21. The molecule has 1 aromatic carbocycles. The summed E-state index contributed by atoms with van der Waals surface area (Å²) in [5.74, 6) is -0.143. The molecule has 0 radical (unpaired) electrons. The average molecular weight is 521 g/mol. The Morgan fingerprint density at radius 1 is 1.11 bits per heavy atom. The molecule has 2 atom stereocenters. The van der Waals surface area contributed by atoms with E-state index in [2.05, 4.69) is 23.8 Å². The van der Waals surface area contributed by atoms with Crippen LogP contribution < -0.4 is 10.6 Å². The summed E-state index contributed by atoms with van der Waals surface area (Å²) in [7, 11) is 0. The number of aliphatic hydroxyl groups is 1. The number of ether oxygens (including phenoxy) is 2. The number of esters is 1.